The van der Waals surface area contributed by atoms with Crippen molar-refractivity contribution in [2.45, 2.75) is 6.18 Å². The molecule has 0 unspecified atom stereocenters. The lowest BCUT2D eigenvalue weighted by molar-refractivity contribution is -0.136. The fraction of sp³-hybridized carbons (Fsp3) is 0.0588. The van der Waals surface area contributed by atoms with Crippen molar-refractivity contribution < 1.29 is 18.0 Å². The SMILES string of the molecule is O=C(Nc1ccncc1)c1cn2c(ccc3c(C(F)(F)F)cc(=O)[nH]c32)n1. The van der Waals surface area contributed by atoms with Gasteiger partial charge in [0.1, 0.15) is 17.0 Å². The summed E-state index contributed by atoms with van der Waals surface area (Å²) in [5, 5.41) is 2.41. The monoisotopic (exact) mass is 373 g/mol. The predicted molar refractivity (Wildman–Crippen MR) is 90.5 cm³/mol. The summed E-state index contributed by atoms with van der Waals surface area (Å²) in [6.07, 6.45) is -0.432. The second kappa shape index (κ2) is 5.94. The molecule has 0 aliphatic rings. The number of aromatic amines is 1. The lowest BCUT2D eigenvalue weighted by Crippen LogP contribution is -2.15. The summed E-state index contributed by atoms with van der Waals surface area (Å²) in [5.74, 6) is -0.549. The van der Waals surface area contributed by atoms with Crippen molar-refractivity contribution in [3.63, 3.8) is 0 Å². The van der Waals surface area contributed by atoms with Gasteiger partial charge in [-0.3, -0.25) is 19.0 Å². The molecule has 4 rings (SSSR count). The second-order valence-corrected chi connectivity index (χ2v) is 5.68. The van der Waals surface area contributed by atoms with Gasteiger partial charge in [-0.25, -0.2) is 4.98 Å². The number of nitrogens with one attached hydrogen (secondary N) is 2. The Morgan fingerprint density at radius 2 is 1.89 bits per heavy atom. The Kier molecular flexibility index (Phi) is 3.69. The van der Waals surface area contributed by atoms with Crippen LogP contribution in [0.3, 0.4) is 0 Å². The van der Waals surface area contributed by atoms with E-state index < -0.39 is 23.2 Å². The van der Waals surface area contributed by atoms with Crippen LogP contribution in [0.15, 0.2) is 53.7 Å². The highest BCUT2D eigenvalue weighted by atomic mass is 19.4. The van der Waals surface area contributed by atoms with E-state index in [4.69, 9.17) is 0 Å². The van der Waals surface area contributed by atoms with E-state index >= 15 is 0 Å². The third-order valence-corrected chi connectivity index (χ3v) is 3.91. The molecule has 0 radical (unpaired) electrons. The van der Waals surface area contributed by atoms with Gasteiger partial charge in [0, 0.05) is 35.7 Å². The van der Waals surface area contributed by atoms with Gasteiger partial charge in [-0.15, -0.1) is 0 Å². The molecule has 0 saturated carbocycles. The first-order chi connectivity index (χ1) is 12.8. The molecule has 2 N–H and O–H groups in total. The van der Waals surface area contributed by atoms with Gasteiger partial charge in [0.25, 0.3) is 5.91 Å². The minimum Gasteiger partial charge on any atom is -0.320 e. The molecule has 0 fully saturated rings. The van der Waals surface area contributed by atoms with E-state index in [2.05, 4.69) is 20.3 Å². The molecule has 4 aromatic rings. The lowest BCUT2D eigenvalue weighted by atomic mass is 10.1. The first-order valence-electron chi connectivity index (χ1n) is 7.66. The van der Waals surface area contributed by atoms with E-state index in [1.54, 1.807) is 12.1 Å². The summed E-state index contributed by atoms with van der Waals surface area (Å²) in [5.41, 5.74) is -1.36. The zero-order valence-corrected chi connectivity index (χ0v) is 13.4. The topological polar surface area (TPSA) is 92.2 Å². The van der Waals surface area contributed by atoms with Crippen LogP contribution in [0.4, 0.5) is 18.9 Å². The number of fused-ring (bicyclic) bond motifs is 3. The number of pyridine rings is 3. The summed E-state index contributed by atoms with van der Waals surface area (Å²) in [4.78, 5) is 34.4. The first kappa shape index (κ1) is 16.8. The number of rotatable bonds is 2. The zero-order valence-electron chi connectivity index (χ0n) is 13.4. The molecule has 0 aliphatic carbocycles. The number of aromatic nitrogens is 4. The van der Waals surface area contributed by atoms with Crippen LogP contribution in [0.25, 0.3) is 16.7 Å². The van der Waals surface area contributed by atoms with Crippen molar-refractivity contribution in [2.24, 2.45) is 0 Å². The number of amides is 1. The van der Waals surface area contributed by atoms with Crippen molar-refractivity contribution >= 4 is 28.3 Å². The molecule has 0 bridgehead atoms. The molecular weight excluding hydrogens is 363 g/mol. The number of carbonyl (C=O) groups is 1. The number of H-pyrrole nitrogens is 1. The van der Waals surface area contributed by atoms with Crippen LogP contribution in [-0.2, 0) is 6.18 Å². The van der Waals surface area contributed by atoms with Gasteiger partial charge in [0.05, 0.1) is 5.56 Å². The van der Waals surface area contributed by atoms with E-state index in [0.717, 1.165) is 0 Å². The van der Waals surface area contributed by atoms with Crippen LogP contribution in [0.2, 0.25) is 0 Å². The maximum Gasteiger partial charge on any atom is 0.417 e. The Labute approximate surface area is 148 Å². The predicted octanol–water partition coefficient (Wildman–Crippen LogP) is 2.84. The Hall–Kier alpha value is -3.69. The molecule has 0 aliphatic heterocycles. The Morgan fingerprint density at radius 1 is 1.15 bits per heavy atom. The first-order valence-corrected chi connectivity index (χ1v) is 7.66. The third kappa shape index (κ3) is 3.01. The van der Waals surface area contributed by atoms with Crippen LogP contribution in [0.1, 0.15) is 16.1 Å². The fourth-order valence-electron chi connectivity index (χ4n) is 2.74. The average Bonchev–Trinajstić information content (AvgIpc) is 3.06. The number of hydrogen-bond acceptors (Lipinski definition) is 4. The Bertz CT molecular complexity index is 1230. The van der Waals surface area contributed by atoms with E-state index in [9.17, 15) is 22.8 Å². The quantitative estimate of drug-likeness (QED) is 0.565. The van der Waals surface area contributed by atoms with Gasteiger partial charge in [0.2, 0.25) is 5.56 Å². The van der Waals surface area contributed by atoms with Crippen LogP contribution in [0.5, 0.6) is 0 Å². The number of hydrogen-bond donors (Lipinski definition) is 2. The smallest absolute Gasteiger partial charge is 0.320 e. The molecule has 4 heterocycles. The van der Waals surface area contributed by atoms with Crippen LogP contribution >= 0.6 is 0 Å². The van der Waals surface area contributed by atoms with Crippen molar-refractivity contribution in [3.8, 4) is 0 Å². The highest BCUT2D eigenvalue weighted by Gasteiger charge is 2.33. The molecule has 0 spiro atoms. The van der Waals surface area contributed by atoms with Gasteiger partial charge >= 0.3 is 6.18 Å². The minimum atomic E-state index is -4.69. The summed E-state index contributed by atoms with van der Waals surface area (Å²) < 4.78 is 40.9. The second-order valence-electron chi connectivity index (χ2n) is 5.68. The molecule has 1 amide bonds. The van der Waals surface area contributed by atoms with Gasteiger partial charge in [-0.1, -0.05) is 0 Å². The summed E-state index contributed by atoms with van der Waals surface area (Å²) >= 11 is 0. The van der Waals surface area contributed by atoms with E-state index in [-0.39, 0.29) is 22.4 Å². The number of alkyl halides is 3. The van der Waals surface area contributed by atoms with Crippen LogP contribution < -0.4 is 10.9 Å². The van der Waals surface area contributed by atoms with Gasteiger partial charge in [0.15, 0.2) is 0 Å². The van der Waals surface area contributed by atoms with Crippen molar-refractivity contribution in [1.29, 1.82) is 0 Å². The summed E-state index contributed by atoms with van der Waals surface area (Å²) in [7, 11) is 0. The molecule has 27 heavy (non-hydrogen) atoms. The molecule has 0 atom stereocenters. The highest BCUT2D eigenvalue weighted by Crippen LogP contribution is 2.33. The highest BCUT2D eigenvalue weighted by molar-refractivity contribution is 6.03. The van der Waals surface area contributed by atoms with Gasteiger partial charge in [-0.05, 0) is 24.3 Å². The number of imidazole rings is 1. The van der Waals surface area contributed by atoms with Crippen molar-refractivity contribution in [2.75, 3.05) is 5.32 Å². The largest absolute Gasteiger partial charge is 0.417 e. The molecule has 0 saturated heterocycles. The summed E-state index contributed by atoms with van der Waals surface area (Å²) in [6, 6.07) is 6.22. The van der Waals surface area contributed by atoms with Crippen molar-refractivity contribution in [3.05, 3.63) is 70.5 Å². The molecule has 4 aromatic heterocycles. The molecule has 7 nitrogen and oxygen atoms in total. The summed E-state index contributed by atoms with van der Waals surface area (Å²) in [6.45, 7) is 0. The number of anilines is 1. The Morgan fingerprint density at radius 3 is 2.59 bits per heavy atom. The molecule has 0 aromatic carbocycles. The van der Waals surface area contributed by atoms with Gasteiger partial charge < -0.3 is 10.3 Å². The maximum absolute atomic E-state index is 13.2. The average molecular weight is 373 g/mol. The van der Waals surface area contributed by atoms with E-state index in [0.29, 0.717) is 11.8 Å². The normalized spacial score (nSPS) is 11.8. The third-order valence-electron chi connectivity index (χ3n) is 3.91. The van der Waals surface area contributed by atoms with Crippen LogP contribution in [0, 0.1) is 0 Å². The fourth-order valence-corrected chi connectivity index (χ4v) is 2.74. The standard InChI is InChI=1S/C17H10F3N5O2/c18-17(19,20)11-7-14(26)24-15-10(11)1-2-13-23-12(8-25(13)15)16(27)22-9-3-5-21-6-4-9/h1-8H,(H,24,26)(H,21,22,27). The van der Waals surface area contributed by atoms with Crippen molar-refractivity contribution in [1.82, 2.24) is 19.4 Å². The minimum absolute atomic E-state index is 0.0161. The number of halogens is 3. The Balaban J connectivity index is 1.85. The molecule has 10 heteroatoms. The van der Waals surface area contributed by atoms with E-state index in [1.165, 1.54) is 35.1 Å². The maximum atomic E-state index is 13.2. The zero-order chi connectivity index (χ0) is 19.2. The lowest BCUT2D eigenvalue weighted by Gasteiger charge is -2.10. The number of nitrogens with zero attached hydrogens (tertiary/aromatic N) is 3. The molecular formula is C17H10F3N5O2. The van der Waals surface area contributed by atoms with E-state index in [1.807, 2.05) is 0 Å². The van der Waals surface area contributed by atoms with Gasteiger partial charge in [-0.2, -0.15) is 13.2 Å². The van der Waals surface area contributed by atoms with Crippen LogP contribution in [-0.4, -0.2) is 25.3 Å². The number of carbonyl (C=O) groups excluding carboxylic acids is 1. The molecule has 136 valence electrons.